The lowest BCUT2D eigenvalue weighted by molar-refractivity contribution is -0.185. The smallest absolute Gasteiger partial charge is 0.426 e. The van der Waals surface area contributed by atoms with Gasteiger partial charge in [0.25, 0.3) is 0 Å². The van der Waals surface area contributed by atoms with E-state index in [0.29, 0.717) is 5.56 Å². The largest absolute Gasteiger partial charge is 0.429 e. The molecule has 0 saturated heterocycles. The molecule has 0 heterocycles. The molecule has 0 aliphatic heterocycles. The minimum Gasteiger partial charge on any atom is -0.429 e. The summed E-state index contributed by atoms with van der Waals surface area (Å²) >= 11 is 0. The van der Waals surface area contributed by atoms with Crippen LogP contribution in [0.15, 0.2) is 54.6 Å². The molecule has 0 radical (unpaired) electrons. The number of benzene rings is 2. The lowest BCUT2D eigenvalue weighted by Crippen LogP contribution is -2.21. The Hall–Kier alpha value is -2.67. The highest BCUT2D eigenvalue weighted by Crippen LogP contribution is 2.31. The van der Waals surface area contributed by atoms with E-state index < -0.39 is 6.11 Å². The minimum atomic E-state index is -3.43. The molecule has 0 spiro atoms. The third-order valence-corrected chi connectivity index (χ3v) is 2.84. The van der Waals surface area contributed by atoms with Crippen LogP contribution in [0, 0.1) is 11.3 Å². The van der Waals surface area contributed by atoms with Gasteiger partial charge in [0.2, 0.25) is 0 Å². The van der Waals surface area contributed by atoms with E-state index in [1.54, 1.807) is 12.1 Å². The van der Waals surface area contributed by atoms with Gasteiger partial charge >= 0.3 is 6.11 Å². The van der Waals surface area contributed by atoms with Gasteiger partial charge in [0.05, 0.1) is 17.2 Å². The Morgan fingerprint density at radius 2 is 1.67 bits per heavy atom. The van der Waals surface area contributed by atoms with Crippen molar-refractivity contribution >= 4 is 6.08 Å². The predicted octanol–water partition coefficient (Wildman–Crippen LogP) is 4.72. The molecule has 2 aromatic carbocycles. The predicted molar refractivity (Wildman–Crippen MR) is 76.8 cm³/mol. The summed E-state index contributed by atoms with van der Waals surface area (Å²) in [6, 6.07) is 13.3. The maximum Gasteiger partial charge on any atom is 0.426 e. The van der Waals surface area contributed by atoms with Gasteiger partial charge in [0.15, 0.2) is 0 Å². The van der Waals surface area contributed by atoms with E-state index >= 15 is 0 Å². The molecule has 0 unspecified atom stereocenters. The van der Waals surface area contributed by atoms with Gasteiger partial charge in [-0.15, -0.1) is 0 Å². The summed E-state index contributed by atoms with van der Waals surface area (Å²) in [5.41, 5.74) is 1.01. The van der Waals surface area contributed by atoms with Gasteiger partial charge < -0.3 is 4.74 Å². The maximum atomic E-state index is 14.0. The Morgan fingerprint density at radius 3 is 2.19 bits per heavy atom. The number of alkyl halides is 2. The Labute approximate surface area is 121 Å². The first-order valence-electron chi connectivity index (χ1n) is 6.35. The fourth-order valence-electron chi connectivity index (χ4n) is 1.79. The molecule has 0 atom stereocenters. The topological polar surface area (TPSA) is 33.0 Å². The van der Waals surface area contributed by atoms with Crippen LogP contribution >= 0.6 is 0 Å². The lowest BCUT2D eigenvalue weighted by Gasteiger charge is -2.18. The van der Waals surface area contributed by atoms with E-state index in [0.717, 1.165) is 5.56 Å². The number of rotatable bonds is 4. The first kappa shape index (κ1) is 14.7. The van der Waals surface area contributed by atoms with Crippen LogP contribution in [0.2, 0.25) is 0 Å². The van der Waals surface area contributed by atoms with Crippen molar-refractivity contribution in [2.45, 2.75) is 13.0 Å². The monoisotopic (exact) mass is 285 g/mol. The van der Waals surface area contributed by atoms with Crippen LogP contribution in [-0.2, 0) is 6.11 Å². The summed E-state index contributed by atoms with van der Waals surface area (Å²) in [7, 11) is 0. The number of ether oxygens (including phenoxy) is 1. The van der Waals surface area contributed by atoms with Crippen LogP contribution in [0.4, 0.5) is 8.78 Å². The van der Waals surface area contributed by atoms with Crippen LogP contribution in [0.25, 0.3) is 6.08 Å². The van der Waals surface area contributed by atoms with E-state index in [-0.39, 0.29) is 11.3 Å². The zero-order valence-corrected chi connectivity index (χ0v) is 11.4. The fourth-order valence-corrected chi connectivity index (χ4v) is 1.79. The number of nitrogens with zero attached hydrogens (tertiary/aromatic N) is 1. The van der Waals surface area contributed by atoms with Crippen molar-refractivity contribution in [3.8, 4) is 11.8 Å². The van der Waals surface area contributed by atoms with Crippen molar-refractivity contribution < 1.29 is 13.5 Å². The quantitative estimate of drug-likeness (QED) is 0.814. The highest BCUT2D eigenvalue weighted by molar-refractivity contribution is 5.49. The summed E-state index contributed by atoms with van der Waals surface area (Å²) in [5, 5.41) is 8.66. The molecule has 0 amide bonds. The standard InChI is InChI=1S/C17H13F2NO/c1-2-3-13-4-8-15(9-5-13)17(18,19)21-16-10-6-14(12-20)7-11-16/h2-11H,1H3/b3-2+. The summed E-state index contributed by atoms with van der Waals surface area (Å²) in [6.07, 6.45) is 0.229. The lowest BCUT2D eigenvalue weighted by atomic mass is 10.1. The Kier molecular flexibility index (Phi) is 4.34. The van der Waals surface area contributed by atoms with Crippen molar-refractivity contribution in [3.63, 3.8) is 0 Å². The second kappa shape index (κ2) is 6.19. The Balaban J connectivity index is 2.18. The zero-order chi connectivity index (χ0) is 15.3. The first-order valence-corrected chi connectivity index (χ1v) is 6.35. The van der Waals surface area contributed by atoms with Crippen LogP contribution < -0.4 is 4.74 Å². The third kappa shape index (κ3) is 3.67. The number of hydrogen-bond acceptors (Lipinski definition) is 2. The van der Waals surface area contributed by atoms with Gasteiger partial charge in [-0.1, -0.05) is 24.3 Å². The molecule has 0 aliphatic rings. The SMILES string of the molecule is C/C=C/c1ccc(C(F)(F)Oc2ccc(C#N)cc2)cc1. The van der Waals surface area contributed by atoms with Gasteiger partial charge in [0.1, 0.15) is 5.75 Å². The van der Waals surface area contributed by atoms with Crippen LogP contribution in [-0.4, -0.2) is 0 Å². The summed E-state index contributed by atoms with van der Waals surface area (Å²) < 4.78 is 32.8. The highest BCUT2D eigenvalue weighted by atomic mass is 19.3. The average molecular weight is 285 g/mol. The van der Waals surface area contributed by atoms with Gasteiger partial charge in [-0.2, -0.15) is 14.0 Å². The van der Waals surface area contributed by atoms with Crippen LogP contribution in [0.5, 0.6) is 5.75 Å². The van der Waals surface area contributed by atoms with Crippen molar-refractivity contribution in [1.82, 2.24) is 0 Å². The molecule has 0 aliphatic carbocycles. The number of nitriles is 1. The molecule has 2 aromatic rings. The van der Waals surface area contributed by atoms with E-state index in [1.165, 1.54) is 36.4 Å². The summed E-state index contributed by atoms with van der Waals surface area (Å²) in [6.45, 7) is 1.86. The first-order chi connectivity index (χ1) is 10.0. The molecule has 4 heteroatoms. The Bertz CT molecular complexity index is 667. The van der Waals surface area contributed by atoms with Gasteiger partial charge in [-0.3, -0.25) is 0 Å². The van der Waals surface area contributed by atoms with Gasteiger partial charge in [-0.25, -0.2) is 0 Å². The maximum absolute atomic E-state index is 14.0. The highest BCUT2D eigenvalue weighted by Gasteiger charge is 2.34. The number of allylic oxidation sites excluding steroid dienone is 1. The van der Waals surface area contributed by atoms with Crippen molar-refractivity contribution in [1.29, 1.82) is 5.26 Å². The van der Waals surface area contributed by atoms with E-state index in [9.17, 15) is 8.78 Å². The zero-order valence-electron chi connectivity index (χ0n) is 11.4. The van der Waals surface area contributed by atoms with E-state index in [2.05, 4.69) is 0 Å². The van der Waals surface area contributed by atoms with Crippen LogP contribution in [0.1, 0.15) is 23.6 Å². The molecule has 0 N–H and O–H groups in total. The number of halogens is 2. The minimum absolute atomic E-state index is 0.0107. The second-order valence-electron chi connectivity index (χ2n) is 4.38. The van der Waals surface area contributed by atoms with Gasteiger partial charge in [-0.05, 0) is 48.9 Å². The molecule has 0 saturated carbocycles. The molecule has 0 fully saturated rings. The molecular formula is C17H13F2NO. The average Bonchev–Trinajstić information content (AvgIpc) is 2.48. The van der Waals surface area contributed by atoms with Crippen molar-refractivity contribution in [3.05, 3.63) is 71.3 Å². The molecule has 2 rings (SSSR count). The van der Waals surface area contributed by atoms with E-state index in [4.69, 9.17) is 10.00 Å². The third-order valence-electron chi connectivity index (χ3n) is 2.84. The molecule has 2 nitrogen and oxygen atoms in total. The van der Waals surface area contributed by atoms with E-state index in [1.807, 2.05) is 25.1 Å². The molecule has 106 valence electrons. The van der Waals surface area contributed by atoms with Crippen molar-refractivity contribution in [2.75, 3.05) is 0 Å². The summed E-state index contributed by atoms with van der Waals surface area (Å²) in [5.74, 6) is 0.0107. The van der Waals surface area contributed by atoms with Gasteiger partial charge in [0, 0.05) is 0 Å². The summed E-state index contributed by atoms with van der Waals surface area (Å²) in [4.78, 5) is 0. The molecular weight excluding hydrogens is 272 g/mol. The molecule has 0 bridgehead atoms. The second-order valence-corrected chi connectivity index (χ2v) is 4.38. The number of hydrogen-bond donors (Lipinski definition) is 0. The van der Waals surface area contributed by atoms with Crippen LogP contribution in [0.3, 0.4) is 0 Å². The molecule has 0 aromatic heterocycles. The Morgan fingerprint density at radius 1 is 1.05 bits per heavy atom. The molecule has 21 heavy (non-hydrogen) atoms. The fraction of sp³-hybridized carbons (Fsp3) is 0.118. The normalized spacial score (nSPS) is 11.3. The van der Waals surface area contributed by atoms with Crippen molar-refractivity contribution in [2.24, 2.45) is 0 Å².